The minimum Gasteiger partial charge on any atom is -0.497 e. The van der Waals surface area contributed by atoms with Crippen molar-refractivity contribution in [2.24, 2.45) is 0 Å². The van der Waals surface area contributed by atoms with E-state index in [0.717, 1.165) is 17.5 Å². The molecule has 1 atom stereocenters. The zero-order chi connectivity index (χ0) is 24.8. The Balaban J connectivity index is 1.65. The molecular formula is C27H27FN4O2S. The van der Waals surface area contributed by atoms with Gasteiger partial charge in [0.25, 0.3) is 5.91 Å². The summed E-state index contributed by atoms with van der Waals surface area (Å²) in [5.74, 6) is 1.25. The van der Waals surface area contributed by atoms with E-state index in [2.05, 4.69) is 15.5 Å². The Morgan fingerprint density at radius 2 is 1.89 bits per heavy atom. The number of para-hydroxylation sites is 1. The van der Waals surface area contributed by atoms with Crippen molar-refractivity contribution in [2.75, 3.05) is 7.11 Å². The van der Waals surface area contributed by atoms with Gasteiger partial charge in [-0.1, -0.05) is 55.1 Å². The van der Waals surface area contributed by atoms with E-state index in [0.29, 0.717) is 33.7 Å². The third-order valence-corrected chi connectivity index (χ3v) is 6.60. The molecule has 35 heavy (non-hydrogen) atoms. The number of rotatable bonds is 9. The van der Waals surface area contributed by atoms with Gasteiger partial charge in [0, 0.05) is 22.9 Å². The topological polar surface area (TPSA) is 69.0 Å². The summed E-state index contributed by atoms with van der Waals surface area (Å²) in [6.45, 7) is 4.01. The zero-order valence-corrected chi connectivity index (χ0v) is 20.7. The quantitative estimate of drug-likeness (QED) is 0.296. The molecule has 0 aliphatic rings. The molecule has 0 aliphatic heterocycles. The normalized spacial score (nSPS) is 11.8. The highest BCUT2D eigenvalue weighted by atomic mass is 32.2. The zero-order valence-electron chi connectivity index (χ0n) is 19.9. The molecule has 6 nitrogen and oxygen atoms in total. The molecule has 0 spiro atoms. The first-order valence-electron chi connectivity index (χ1n) is 11.4. The number of ether oxygens (including phenoxy) is 1. The van der Waals surface area contributed by atoms with Crippen LogP contribution in [0.3, 0.4) is 0 Å². The molecule has 0 saturated heterocycles. The largest absolute Gasteiger partial charge is 0.497 e. The maximum absolute atomic E-state index is 14.9. The summed E-state index contributed by atoms with van der Waals surface area (Å²) in [6, 6.07) is 21.6. The summed E-state index contributed by atoms with van der Waals surface area (Å²) >= 11 is 1.43. The number of halogens is 1. The van der Waals surface area contributed by atoms with Crippen LogP contribution in [0.5, 0.6) is 5.75 Å². The molecule has 1 heterocycles. The van der Waals surface area contributed by atoms with Crippen molar-refractivity contribution in [3.63, 3.8) is 0 Å². The van der Waals surface area contributed by atoms with E-state index in [4.69, 9.17) is 4.74 Å². The summed E-state index contributed by atoms with van der Waals surface area (Å²) in [6.07, 6.45) is 0.864. The van der Waals surface area contributed by atoms with Crippen molar-refractivity contribution in [1.82, 2.24) is 20.1 Å². The fourth-order valence-electron chi connectivity index (χ4n) is 3.52. The highest BCUT2D eigenvalue weighted by Gasteiger charge is 2.19. The first-order chi connectivity index (χ1) is 17.0. The Bertz CT molecular complexity index is 1320. The number of carbonyl (C=O) groups is 1. The summed E-state index contributed by atoms with van der Waals surface area (Å²) < 4.78 is 21.9. The average molecular weight is 491 g/mol. The molecule has 1 N–H and O–H groups in total. The van der Waals surface area contributed by atoms with E-state index < -0.39 is 0 Å². The molecule has 0 fully saturated rings. The number of hydrogen-bond donors (Lipinski definition) is 1. The van der Waals surface area contributed by atoms with Gasteiger partial charge in [0.15, 0.2) is 11.0 Å². The molecule has 0 saturated carbocycles. The van der Waals surface area contributed by atoms with E-state index in [-0.39, 0.29) is 17.8 Å². The number of carbonyl (C=O) groups excluding carboxylic acids is 1. The second-order valence-electron chi connectivity index (χ2n) is 8.10. The maximum Gasteiger partial charge on any atom is 0.251 e. The lowest BCUT2D eigenvalue weighted by Gasteiger charge is -2.13. The van der Waals surface area contributed by atoms with Gasteiger partial charge in [0.1, 0.15) is 11.6 Å². The van der Waals surface area contributed by atoms with E-state index >= 15 is 0 Å². The molecule has 4 rings (SSSR count). The number of benzene rings is 3. The molecule has 0 radical (unpaired) electrons. The van der Waals surface area contributed by atoms with E-state index in [1.807, 2.05) is 56.3 Å². The van der Waals surface area contributed by atoms with Crippen LogP contribution in [0.4, 0.5) is 4.39 Å². The van der Waals surface area contributed by atoms with Gasteiger partial charge in [-0.05, 0) is 55.3 Å². The standard InChI is InChI=1S/C27H27FN4O2S/c1-4-18(2)29-26(33)21-11-7-9-19(15-21)17-35-27-31-30-25(20-10-8-12-22(16-20)34-3)32(27)24-14-6-5-13-23(24)28/h5-16,18H,4,17H2,1-3H3,(H,29,33)/t18-/m1/s1. The van der Waals surface area contributed by atoms with Crippen LogP contribution in [-0.2, 0) is 5.75 Å². The summed E-state index contributed by atoms with van der Waals surface area (Å²) in [7, 11) is 1.60. The second-order valence-corrected chi connectivity index (χ2v) is 9.04. The van der Waals surface area contributed by atoms with Crippen LogP contribution in [0.1, 0.15) is 36.2 Å². The number of nitrogens with zero attached hydrogens (tertiary/aromatic N) is 3. The van der Waals surface area contributed by atoms with Gasteiger partial charge in [-0.25, -0.2) is 4.39 Å². The van der Waals surface area contributed by atoms with Crippen molar-refractivity contribution >= 4 is 17.7 Å². The lowest BCUT2D eigenvalue weighted by Crippen LogP contribution is -2.31. The first kappa shape index (κ1) is 24.5. The molecule has 3 aromatic carbocycles. The molecule has 1 aromatic heterocycles. The Labute approximate surface area is 208 Å². The predicted octanol–water partition coefficient (Wildman–Crippen LogP) is 5.90. The third kappa shape index (κ3) is 5.71. The van der Waals surface area contributed by atoms with Crippen LogP contribution in [0.2, 0.25) is 0 Å². The number of amides is 1. The van der Waals surface area contributed by atoms with Gasteiger partial charge < -0.3 is 10.1 Å². The first-order valence-corrected chi connectivity index (χ1v) is 12.4. The number of nitrogens with one attached hydrogen (secondary N) is 1. The molecular weight excluding hydrogens is 463 g/mol. The highest BCUT2D eigenvalue weighted by molar-refractivity contribution is 7.98. The van der Waals surface area contributed by atoms with Gasteiger partial charge in [-0.15, -0.1) is 10.2 Å². The van der Waals surface area contributed by atoms with Gasteiger partial charge >= 0.3 is 0 Å². The van der Waals surface area contributed by atoms with Crippen molar-refractivity contribution in [3.8, 4) is 22.8 Å². The molecule has 8 heteroatoms. The van der Waals surface area contributed by atoms with Crippen LogP contribution >= 0.6 is 11.8 Å². The Hall–Kier alpha value is -3.65. The van der Waals surface area contributed by atoms with Gasteiger partial charge in [0.05, 0.1) is 12.8 Å². The van der Waals surface area contributed by atoms with E-state index in [1.165, 1.54) is 17.8 Å². The molecule has 4 aromatic rings. The monoisotopic (exact) mass is 490 g/mol. The van der Waals surface area contributed by atoms with Crippen molar-refractivity contribution < 1.29 is 13.9 Å². The summed E-state index contributed by atoms with van der Waals surface area (Å²) in [5.41, 5.74) is 2.68. The van der Waals surface area contributed by atoms with Crippen LogP contribution in [0.25, 0.3) is 17.1 Å². The van der Waals surface area contributed by atoms with E-state index in [9.17, 15) is 9.18 Å². The molecule has 180 valence electrons. The summed E-state index contributed by atoms with van der Waals surface area (Å²) in [4.78, 5) is 12.5. The fourth-order valence-corrected chi connectivity index (χ4v) is 4.41. The third-order valence-electron chi connectivity index (χ3n) is 5.60. The van der Waals surface area contributed by atoms with E-state index in [1.54, 1.807) is 35.9 Å². The fraction of sp³-hybridized carbons (Fsp3) is 0.222. The van der Waals surface area contributed by atoms with Gasteiger partial charge in [0.2, 0.25) is 0 Å². The number of methoxy groups -OCH3 is 1. The predicted molar refractivity (Wildman–Crippen MR) is 137 cm³/mol. The summed E-state index contributed by atoms with van der Waals surface area (Å²) in [5, 5.41) is 12.3. The maximum atomic E-state index is 14.9. The minimum atomic E-state index is -0.373. The van der Waals surface area contributed by atoms with Crippen LogP contribution in [0.15, 0.2) is 78.0 Å². The van der Waals surface area contributed by atoms with Crippen LogP contribution in [0, 0.1) is 5.82 Å². The number of thioether (sulfide) groups is 1. The smallest absolute Gasteiger partial charge is 0.251 e. The van der Waals surface area contributed by atoms with Crippen LogP contribution < -0.4 is 10.1 Å². The Kier molecular flexibility index (Phi) is 7.82. The lowest BCUT2D eigenvalue weighted by atomic mass is 10.1. The minimum absolute atomic E-state index is 0.0963. The Morgan fingerprint density at radius 3 is 2.66 bits per heavy atom. The van der Waals surface area contributed by atoms with Gasteiger partial charge in [-0.2, -0.15) is 0 Å². The Morgan fingerprint density at radius 1 is 1.09 bits per heavy atom. The SMILES string of the molecule is CC[C@@H](C)NC(=O)c1cccc(CSc2nnc(-c3cccc(OC)c3)n2-c2ccccc2F)c1. The molecule has 0 unspecified atom stereocenters. The lowest BCUT2D eigenvalue weighted by molar-refractivity contribution is 0.0939. The van der Waals surface area contributed by atoms with Crippen LogP contribution in [-0.4, -0.2) is 33.8 Å². The second kappa shape index (κ2) is 11.2. The number of aromatic nitrogens is 3. The van der Waals surface area contributed by atoms with Crippen molar-refractivity contribution in [1.29, 1.82) is 0 Å². The van der Waals surface area contributed by atoms with Gasteiger partial charge in [-0.3, -0.25) is 9.36 Å². The van der Waals surface area contributed by atoms with Crippen molar-refractivity contribution in [3.05, 3.63) is 89.7 Å². The average Bonchev–Trinajstić information content (AvgIpc) is 3.31. The molecule has 0 aliphatic carbocycles. The molecule has 0 bridgehead atoms. The number of hydrogen-bond acceptors (Lipinski definition) is 5. The van der Waals surface area contributed by atoms with Crippen molar-refractivity contribution in [2.45, 2.75) is 37.2 Å². The highest BCUT2D eigenvalue weighted by Crippen LogP contribution is 2.32. The molecule has 1 amide bonds.